The number of benzene rings is 1. The zero-order valence-corrected chi connectivity index (χ0v) is 13.5. The van der Waals surface area contributed by atoms with Gasteiger partial charge in [0.1, 0.15) is 0 Å². The van der Waals surface area contributed by atoms with E-state index in [4.69, 9.17) is 4.74 Å². The lowest BCUT2D eigenvalue weighted by Crippen LogP contribution is -2.32. The summed E-state index contributed by atoms with van der Waals surface area (Å²) in [5.74, 6) is 0.502. The average molecular weight is 330 g/mol. The lowest BCUT2D eigenvalue weighted by Gasteiger charge is -2.18. The average Bonchev–Trinajstić information content (AvgIpc) is 2.36. The molecule has 2 N–H and O–H groups in total. The van der Waals surface area contributed by atoms with Gasteiger partial charge in [-0.1, -0.05) is 41.9 Å². The zero-order chi connectivity index (χ0) is 14.3. The molecular weight excluding hydrogens is 306 g/mol. The van der Waals surface area contributed by atoms with Crippen LogP contribution < -0.4 is 5.32 Å². The molecule has 1 aromatic rings. The second-order valence-corrected chi connectivity index (χ2v) is 6.18. The molecule has 0 amide bonds. The van der Waals surface area contributed by atoms with Crippen LogP contribution in [-0.4, -0.2) is 31.0 Å². The molecule has 0 aromatic heterocycles. The minimum Gasteiger partial charge on any atom is -0.389 e. The number of nitrogens with one attached hydrogen (secondary N) is 1. The number of hydrogen-bond donors (Lipinski definition) is 2. The van der Waals surface area contributed by atoms with Gasteiger partial charge in [-0.25, -0.2) is 0 Å². The Morgan fingerprint density at radius 2 is 1.79 bits per heavy atom. The maximum absolute atomic E-state index is 9.81. The normalized spacial score (nSPS) is 14.6. The minimum atomic E-state index is -0.461. The van der Waals surface area contributed by atoms with Gasteiger partial charge >= 0.3 is 0 Å². The largest absolute Gasteiger partial charge is 0.389 e. The van der Waals surface area contributed by atoms with E-state index in [0.717, 1.165) is 4.47 Å². The molecule has 1 aromatic carbocycles. The number of hydrogen-bond acceptors (Lipinski definition) is 3. The number of aliphatic hydroxyl groups is 1. The summed E-state index contributed by atoms with van der Waals surface area (Å²) < 4.78 is 6.49. The monoisotopic (exact) mass is 329 g/mol. The Balaban J connectivity index is 2.25. The van der Waals surface area contributed by atoms with Crippen molar-refractivity contribution in [1.29, 1.82) is 0 Å². The Morgan fingerprint density at radius 3 is 2.37 bits per heavy atom. The molecule has 0 aliphatic rings. The molecule has 0 bridgehead atoms. The lowest BCUT2D eigenvalue weighted by atomic mass is 10.1. The van der Waals surface area contributed by atoms with Gasteiger partial charge in [-0.3, -0.25) is 0 Å². The summed E-state index contributed by atoms with van der Waals surface area (Å²) >= 11 is 3.42. The van der Waals surface area contributed by atoms with E-state index >= 15 is 0 Å². The van der Waals surface area contributed by atoms with Crippen molar-refractivity contribution >= 4 is 15.9 Å². The molecule has 1 rings (SSSR count). The minimum absolute atomic E-state index is 0.216. The molecule has 0 heterocycles. The van der Waals surface area contributed by atoms with Gasteiger partial charge in [0.2, 0.25) is 0 Å². The predicted octanol–water partition coefficient (Wildman–Crippen LogP) is 3.13. The summed E-state index contributed by atoms with van der Waals surface area (Å²) in [5, 5.41) is 13.1. The van der Waals surface area contributed by atoms with E-state index in [1.807, 2.05) is 12.1 Å². The Morgan fingerprint density at radius 1 is 1.16 bits per heavy atom. The van der Waals surface area contributed by atoms with Crippen molar-refractivity contribution in [2.45, 2.75) is 32.9 Å². The van der Waals surface area contributed by atoms with Crippen LogP contribution in [0.25, 0.3) is 0 Å². The van der Waals surface area contributed by atoms with Gasteiger partial charge in [-0.2, -0.15) is 0 Å². The fourth-order valence-corrected chi connectivity index (χ4v) is 1.95. The highest BCUT2D eigenvalue weighted by Gasteiger charge is 2.09. The van der Waals surface area contributed by atoms with Crippen molar-refractivity contribution in [3.8, 4) is 0 Å². The lowest BCUT2D eigenvalue weighted by molar-refractivity contribution is 0.0252. The quantitative estimate of drug-likeness (QED) is 0.769. The second kappa shape index (κ2) is 8.69. The zero-order valence-electron chi connectivity index (χ0n) is 11.9. The van der Waals surface area contributed by atoms with Gasteiger partial charge in [0.25, 0.3) is 0 Å². The van der Waals surface area contributed by atoms with Crippen molar-refractivity contribution in [2.24, 2.45) is 5.92 Å². The van der Waals surface area contributed by atoms with Crippen molar-refractivity contribution in [3.63, 3.8) is 0 Å². The second-order valence-electron chi connectivity index (χ2n) is 5.27. The smallest absolute Gasteiger partial charge is 0.0897 e. The molecule has 3 nitrogen and oxygen atoms in total. The highest BCUT2D eigenvalue weighted by Crippen LogP contribution is 2.16. The molecular formula is C15H24BrNO2. The maximum Gasteiger partial charge on any atom is 0.0897 e. The Hall–Kier alpha value is -0.420. The summed E-state index contributed by atoms with van der Waals surface area (Å²) in [4.78, 5) is 0. The molecule has 2 atom stereocenters. The van der Waals surface area contributed by atoms with E-state index in [-0.39, 0.29) is 6.04 Å². The molecule has 0 aliphatic heterocycles. The van der Waals surface area contributed by atoms with Gasteiger partial charge in [-0.15, -0.1) is 0 Å². The first-order valence-electron chi connectivity index (χ1n) is 6.73. The van der Waals surface area contributed by atoms with Gasteiger partial charge < -0.3 is 15.2 Å². The molecule has 0 aliphatic carbocycles. The van der Waals surface area contributed by atoms with E-state index in [1.165, 1.54) is 5.56 Å². The molecule has 108 valence electrons. The SMILES string of the molecule is CC(C)COCC(O)CNC(C)c1ccc(Br)cc1. The van der Waals surface area contributed by atoms with E-state index in [9.17, 15) is 5.11 Å². The van der Waals surface area contributed by atoms with Crippen molar-refractivity contribution in [2.75, 3.05) is 19.8 Å². The first-order valence-corrected chi connectivity index (χ1v) is 7.53. The van der Waals surface area contributed by atoms with Crippen LogP contribution in [0.4, 0.5) is 0 Å². The molecule has 0 radical (unpaired) electrons. The number of aliphatic hydroxyl groups excluding tert-OH is 1. The molecule has 19 heavy (non-hydrogen) atoms. The molecule has 4 heteroatoms. The van der Waals surface area contributed by atoms with Crippen LogP contribution in [0.3, 0.4) is 0 Å². The summed E-state index contributed by atoms with van der Waals surface area (Å²) in [7, 11) is 0. The maximum atomic E-state index is 9.81. The van der Waals surface area contributed by atoms with E-state index < -0.39 is 6.10 Å². The van der Waals surface area contributed by atoms with Gasteiger partial charge in [-0.05, 0) is 30.5 Å². The first kappa shape index (κ1) is 16.6. The van der Waals surface area contributed by atoms with E-state index in [0.29, 0.717) is 25.7 Å². The predicted molar refractivity (Wildman–Crippen MR) is 82.2 cm³/mol. The molecule has 0 saturated heterocycles. The molecule has 0 saturated carbocycles. The van der Waals surface area contributed by atoms with E-state index in [2.05, 4.69) is 54.2 Å². The topological polar surface area (TPSA) is 41.5 Å². The van der Waals surface area contributed by atoms with Crippen LogP contribution in [-0.2, 0) is 4.74 Å². The molecule has 2 unspecified atom stereocenters. The van der Waals surface area contributed by atoms with Crippen LogP contribution in [0.1, 0.15) is 32.4 Å². The summed E-state index contributed by atoms with van der Waals surface area (Å²) in [6.07, 6.45) is -0.461. The van der Waals surface area contributed by atoms with Crippen LogP contribution >= 0.6 is 15.9 Å². The highest BCUT2D eigenvalue weighted by molar-refractivity contribution is 9.10. The third-order valence-electron chi connectivity index (χ3n) is 2.79. The Labute approximate surface area is 124 Å². The third kappa shape index (κ3) is 7.06. The van der Waals surface area contributed by atoms with Crippen molar-refractivity contribution in [3.05, 3.63) is 34.3 Å². The van der Waals surface area contributed by atoms with Gasteiger partial charge in [0, 0.05) is 23.7 Å². The molecule has 0 fully saturated rings. The summed E-state index contributed by atoms with van der Waals surface area (Å²) in [6, 6.07) is 8.41. The highest BCUT2D eigenvalue weighted by atomic mass is 79.9. The van der Waals surface area contributed by atoms with Crippen molar-refractivity contribution in [1.82, 2.24) is 5.32 Å². The first-order chi connectivity index (χ1) is 8.99. The number of halogens is 1. The van der Waals surface area contributed by atoms with Crippen LogP contribution in [0, 0.1) is 5.92 Å². The van der Waals surface area contributed by atoms with Gasteiger partial charge in [0.05, 0.1) is 12.7 Å². The number of rotatable bonds is 8. The summed E-state index contributed by atoms with van der Waals surface area (Å²) in [6.45, 7) is 7.90. The third-order valence-corrected chi connectivity index (χ3v) is 3.32. The fraction of sp³-hybridized carbons (Fsp3) is 0.600. The summed E-state index contributed by atoms with van der Waals surface area (Å²) in [5.41, 5.74) is 1.21. The molecule has 0 spiro atoms. The van der Waals surface area contributed by atoms with Crippen molar-refractivity contribution < 1.29 is 9.84 Å². The number of ether oxygens (including phenoxy) is 1. The van der Waals surface area contributed by atoms with Crippen LogP contribution in [0.15, 0.2) is 28.7 Å². The standard InChI is InChI=1S/C15H24BrNO2/c1-11(2)9-19-10-15(18)8-17-12(3)13-4-6-14(16)7-5-13/h4-7,11-12,15,17-18H,8-10H2,1-3H3. The fourth-order valence-electron chi connectivity index (χ4n) is 1.68. The van der Waals surface area contributed by atoms with Crippen LogP contribution in [0.5, 0.6) is 0 Å². The van der Waals surface area contributed by atoms with Gasteiger partial charge in [0.15, 0.2) is 0 Å². The van der Waals surface area contributed by atoms with E-state index in [1.54, 1.807) is 0 Å². The Bertz CT molecular complexity index is 354. The Kier molecular flexibility index (Phi) is 7.61. The van der Waals surface area contributed by atoms with Crippen LogP contribution in [0.2, 0.25) is 0 Å².